The number of nitrogens with one attached hydrogen (secondary N) is 3. The molecule has 194 valence electrons. The number of likely N-dealkylation sites (N-methyl/N-ethyl adjacent to an activating group) is 1. The number of ketones is 1. The van der Waals surface area contributed by atoms with Crippen LogP contribution in [-0.2, 0) is 0 Å². The van der Waals surface area contributed by atoms with Crippen LogP contribution in [0.2, 0.25) is 0 Å². The molecule has 1 aliphatic carbocycles. The summed E-state index contributed by atoms with van der Waals surface area (Å²) >= 11 is 0. The number of rotatable bonds is 6. The van der Waals surface area contributed by atoms with Crippen molar-refractivity contribution in [1.82, 2.24) is 5.32 Å². The van der Waals surface area contributed by atoms with E-state index >= 15 is 0 Å². The number of hydrogen-bond acceptors (Lipinski definition) is 3. The van der Waals surface area contributed by atoms with Crippen molar-refractivity contribution >= 4 is 23.3 Å². The molecule has 1 saturated carbocycles. The second kappa shape index (κ2) is 12.8. The van der Waals surface area contributed by atoms with Crippen LogP contribution < -0.4 is 20.6 Å². The highest BCUT2D eigenvalue weighted by molar-refractivity contribution is 6.09. The van der Waals surface area contributed by atoms with Crippen LogP contribution in [0.1, 0.15) is 52.7 Å². The number of allylic oxidation sites excluding steroid dienone is 1. The van der Waals surface area contributed by atoms with Crippen molar-refractivity contribution in [2.24, 2.45) is 0 Å². The second-order valence-electron chi connectivity index (χ2n) is 9.75. The molecule has 1 aliphatic rings. The molecule has 0 saturated heterocycles. The number of para-hydroxylation sites is 1. The average molecular weight is 508 g/mol. The Kier molecular flexibility index (Phi) is 8.97. The molecule has 2 atom stereocenters. The van der Waals surface area contributed by atoms with Gasteiger partial charge >= 0.3 is 6.03 Å². The highest BCUT2D eigenvalue weighted by Gasteiger charge is 2.31. The van der Waals surface area contributed by atoms with Gasteiger partial charge in [-0.15, -0.1) is 0 Å². The minimum absolute atomic E-state index is 0.125. The van der Waals surface area contributed by atoms with Crippen molar-refractivity contribution in [2.45, 2.75) is 37.8 Å². The Morgan fingerprint density at radius 1 is 0.868 bits per heavy atom. The van der Waals surface area contributed by atoms with Gasteiger partial charge < -0.3 is 20.6 Å². The molecule has 0 aliphatic heterocycles. The molecule has 1 fully saturated rings. The molecule has 6 heteroatoms. The van der Waals surface area contributed by atoms with Crippen LogP contribution in [0.3, 0.4) is 0 Å². The summed E-state index contributed by atoms with van der Waals surface area (Å²) < 4.78 is 0. The van der Waals surface area contributed by atoms with E-state index in [9.17, 15) is 14.7 Å². The molecule has 0 unspecified atom stereocenters. The van der Waals surface area contributed by atoms with E-state index in [1.807, 2.05) is 30.3 Å². The van der Waals surface area contributed by atoms with E-state index < -0.39 is 5.78 Å². The van der Waals surface area contributed by atoms with Crippen LogP contribution >= 0.6 is 0 Å². The molecule has 3 aromatic rings. The average Bonchev–Trinajstić information content (AvgIpc) is 2.93. The van der Waals surface area contributed by atoms with Crippen molar-refractivity contribution in [2.75, 3.05) is 19.4 Å². The lowest BCUT2D eigenvalue weighted by molar-refractivity contribution is -0.888. The Balaban J connectivity index is 1.52. The lowest BCUT2D eigenvalue weighted by Gasteiger charge is -2.33. The number of quaternary nitrogens is 1. The van der Waals surface area contributed by atoms with E-state index in [1.54, 1.807) is 48.5 Å². The van der Waals surface area contributed by atoms with Gasteiger partial charge in [-0.1, -0.05) is 78.6 Å². The molecular formula is C32H33N3O3. The number of carbonyl (C=O) groups excluding carboxylic acids is 2. The fourth-order valence-corrected chi connectivity index (χ4v) is 4.85. The summed E-state index contributed by atoms with van der Waals surface area (Å²) in [6.45, 7) is 0. The zero-order chi connectivity index (χ0) is 26.9. The van der Waals surface area contributed by atoms with Gasteiger partial charge in [-0.25, -0.2) is 4.79 Å². The maximum absolute atomic E-state index is 12.9. The highest BCUT2D eigenvalue weighted by Crippen LogP contribution is 2.19. The first-order chi connectivity index (χ1) is 18.4. The van der Waals surface area contributed by atoms with E-state index in [0.29, 0.717) is 34.0 Å². The third-order valence-electron chi connectivity index (χ3n) is 6.84. The number of carbonyl (C=O) groups is 2. The minimum atomic E-state index is -0.403. The van der Waals surface area contributed by atoms with E-state index in [1.165, 1.54) is 11.3 Å². The van der Waals surface area contributed by atoms with Crippen molar-refractivity contribution in [3.8, 4) is 11.8 Å². The van der Waals surface area contributed by atoms with E-state index in [0.717, 1.165) is 25.3 Å². The molecule has 3 aromatic carbocycles. The van der Waals surface area contributed by atoms with E-state index in [4.69, 9.17) is 0 Å². The van der Waals surface area contributed by atoms with Crippen molar-refractivity contribution < 1.29 is 19.6 Å². The standard InChI is InChI=1S/C32H33N3O3/c1-35(2)29-19-11-10-18-28(29)34-32(38)33-27-17-9-7-13-24(27)21-20-23-12-6-8-16-26(23)31(37)22-30(36)25-14-4-3-5-15-25/h3-9,12-17,22,28-29,36H,10-11,18-19H2,1-2H3,(H2,33,34,38)/b30-22-/t28-,29-/m1/s1. The van der Waals surface area contributed by atoms with Crippen LogP contribution in [0, 0.1) is 11.8 Å². The fraction of sp³-hybridized carbons (Fsp3) is 0.250. The lowest BCUT2D eigenvalue weighted by Crippen LogP contribution is -3.12. The van der Waals surface area contributed by atoms with Gasteiger partial charge in [0, 0.05) is 23.1 Å². The van der Waals surface area contributed by atoms with Gasteiger partial charge in [-0.05, 0) is 48.7 Å². The van der Waals surface area contributed by atoms with Crippen LogP contribution in [0.5, 0.6) is 0 Å². The monoisotopic (exact) mass is 507 g/mol. The summed E-state index contributed by atoms with van der Waals surface area (Å²) in [7, 11) is 4.26. The third-order valence-corrected chi connectivity index (χ3v) is 6.84. The largest absolute Gasteiger partial charge is 0.872 e. The summed E-state index contributed by atoms with van der Waals surface area (Å²) in [4.78, 5) is 27.1. The van der Waals surface area contributed by atoms with Gasteiger partial charge in [-0.2, -0.15) is 0 Å². The van der Waals surface area contributed by atoms with Gasteiger partial charge in [0.15, 0.2) is 5.78 Å². The highest BCUT2D eigenvalue weighted by atomic mass is 16.3. The maximum Gasteiger partial charge on any atom is 0.319 e. The number of urea groups is 1. The molecule has 0 heterocycles. The molecular weight excluding hydrogens is 474 g/mol. The molecule has 3 N–H and O–H groups in total. The summed E-state index contributed by atoms with van der Waals surface area (Å²) in [5.74, 6) is 5.41. The van der Waals surface area contributed by atoms with Crippen LogP contribution in [0.4, 0.5) is 10.5 Å². The Bertz CT molecular complexity index is 1370. The number of amides is 2. The van der Waals surface area contributed by atoms with Gasteiger partial charge in [0.25, 0.3) is 0 Å². The minimum Gasteiger partial charge on any atom is -0.872 e. The molecule has 0 radical (unpaired) electrons. The van der Waals surface area contributed by atoms with Crippen LogP contribution in [0.25, 0.3) is 5.76 Å². The zero-order valence-electron chi connectivity index (χ0n) is 21.8. The smallest absolute Gasteiger partial charge is 0.319 e. The third kappa shape index (κ3) is 6.90. The molecule has 2 amide bonds. The molecule has 0 bridgehead atoms. The topological polar surface area (TPSA) is 85.7 Å². The Morgan fingerprint density at radius 3 is 2.26 bits per heavy atom. The molecule has 38 heavy (non-hydrogen) atoms. The van der Waals surface area contributed by atoms with Crippen molar-refractivity contribution in [3.63, 3.8) is 0 Å². The summed E-state index contributed by atoms with van der Waals surface area (Å²) in [5, 5.41) is 18.6. The van der Waals surface area contributed by atoms with E-state index in [2.05, 4.69) is 36.6 Å². The van der Waals surface area contributed by atoms with Crippen LogP contribution in [0.15, 0.2) is 84.9 Å². The number of anilines is 1. The SMILES string of the molecule is C[NH+](C)[C@@H]1CCCC[C@H]1NC(=O)Nc1ccccc1C#Cc1ccccc1C(=O)/C=C(\[O-])c1ccccc1. The Morgan fingerprint density at radius 2 is 1.50 bits per heavy atom. The normalized spacial score (nSPS) is 17.3. The predicted octanol–water partition coefficient (Wildman–Crippen LogP) is 3.25. The van der Waals surface area contributed by atoms with Gasteiger partial charge in [0.2, 0.25) is 0 Å². The zero-order valence-corrected chi connectivity index (χ0v) is 21.8. The number of benzene rings is 3. The van der Waals surface area contributed by atoms with Gasteiger partial charge in [0.1, 0.15) is 6.04 Å². The molecule has 4 rings (SSSR count). The Labute approximate surface area is 224 Å². The summed E-state index contributed by atoms with van der Waals surface area (Å²) in [6.07, 6.45) is 5.48. The summed E-state index contributed by atoms with van der Waals surface area (Å²) in [5.41, 5.74) is 2.54. The molecule has 6 nitrogen and oxygen atoms in total. The fourth-order valence-electron chi connectivity index (χ4n) is 4.85. The first-order valence-electron chi connectivity index (χ1n) is 13.0. The second-order valence-corrected chi connectivity index (χ2v) is 9.75. The predicted molar refractivity (Wildman–Crippen MR) is 149 cm³/mol. The Hall–Kier alpha value is -4.34. The van der Waals surface area contributed by atoms with Gasteiger partial charge in [0.05, 0.1) is 25.8 Å². The molecule has 0 aromatic heterocycles. The first-order valence-corrected chi connectivity index (χ1v) is 13.0. The van der Waals surface area contributed by atoms with Crippen LogP contribution in [-0.4, -0.2) is 38.0 Å². The van der Waals surface area contributed by atoms with Gasteiger partial charge in [-0.3, -0.25) is 4.79 Å². The molecule has 0 spiro atoms. The maximum atomic E-state index is 12.9. The number of hydrogen-bond donors (Lipinski definition) is 3. The lowest BCUT2D eigenvalue weighted by atomic mass is 9.89. The van der Waals surface area contributed by atoms with Crippen molar-refractivity contribution in [1.29, 1.82) is 0 Å². The van der Waals surface area contributed by atoms with Crippen molar-refractivity contribution in [3.05, 3.63) is 107 Å². The summed E-state index contributed by atoms with van der Waals surface area (Å²) in [6, 6.07) is 23.2. The van der Waals surface area contributed by atoms with E-state index in [-0.39, 0.29) is 17.8 Å². The first kappa shape index (κ1) is 26.7. The quantitative estimate of drug-likeness (QED) is 0.207.